The third-order valence-corrected chi connectivity index (χ3v) is 5.22. The average molecular weight is 422 g/mol. The van der Waals surface area contributed by atoms with Crippen LogP contribution in [0.15, 0.2) is 29.6 Å². The lowest BCUT2D eigenvalue weighted by Gasteiger charge is -2.31. The number of thiazole rings is 1. The Hall–Kier alpha value is -1.68. The Morgan fingerprint density at radius 1 is 1.26 bits per heavy atom. The maximum atomic E-state index is 12.6. The van der Waals surface area contributed by atoms with E-state index in [9.17, 15) is 18.0 Å². The van der Waals surface area contributed by atoms with E-state index in [0.717, 1.165) is 12.1 Å². The second-order valence-corrected chi connectivity index (χ2v) is 7.03. The molecule has 0 unspecified atom stereocenters. The van der Waals surface area contributed by atoms with Gasteiger partial charge in [-0.15, -0.1) is 23.7 Å². The van der Waals surface area contributed by atoms with Crippen molar-refractivity contribution in [2.75, 3.05) is 13.2 Å². The molecule has 1 amide bonds. The highest BCUT2D eigenvalue weighted by atomic mass is 35.5. The number of carbonyl (C=O) groups excluding carboxylic acids is 1. The lowest BCUT2D eigenvalue weighted by molar-refractivity contribution is -0.137. The number of nitrogens with two attached hydrogens (primary N) is 1. The molecule has 0 aliphatic carbocycles. The molecule has 1 aliphatic heterocycles. The molecule has 27 heavy (non-hydrogen) atoms. The monoisotopic (exact) mass is 421 g/mol. The second-order valence-electron chi connectivity index (χ2n) is 6.17. The minimum absolute atomic E-state index is 0. The maximum Gasteiger partial charge on any atom is 0.416 e. The van der Waals surface area contributed by atoms with E-state index in [4.69, 9.17) is 10.5 Å². The Balaban J connectivity index is 0.00000261. The predicted molar refractivity (Wildman–Crippen MR) is 98.6 cm³/mol. The van der Waals surface area contributed by atoms with Gasteiger partial charge in [0.05, 0.1) is 23.3 Å². The standard InChI is InChI=1S/C17H18F3N3O2S.ClH/c18-17(19,20)12-3-1-11(2-4-12)14-23-13(10-26-14)9-22-15(24)16(21)5-7-25-8-6-16;/h1-4,10H,5-9,21H2,(H,22,24);1H. The summed E-state index contributed by atoms with van der Waals surface area (Å²) in [6.07, 6.45) is -3.43. The predicted octanol–water partition coefficient (Wildman–Crippen LogP) is 3.37. The number of aromatic nitrogens is 1. The number of halogens is 4. The van der Waals surface area contributed by atoms with E-state index in [1.807, 2.05) is 0 Å². The van der Waals surface area contributed by atoms with Crippen LogP contribution in [0.3, 0.4) is 0 Å². The Morgan fingerprint density at radius 3 is 2.48 bits per heavy atom. The van der Waals surface area contributed by atoms with E-state index in [-0.39, 0.29) is 24.9 Å². The molecule has 0 atom stereocenters. The van der Waals surface area contributed by atoms with Gasteiger partial charge in [-0.1, -0.05) is 12.1 Å². The Bertz CT molecular complexity index is 774. The molecular formula is C17H19ClF3N3O2S. The zero-order valence-electron chi connectivity index (χ0n) is 14.2. The van der Waals surface area contributed by atoms with Crippen LogP contribution in [0.5, 0.6) is 0 Å². The fraction of sp³-hybridized carbons (Fsp3) is 0.412. The fourth-order valence-electron chi connectivity index (χ4n) is 2.63. The SMILES string of the molecule is Cl.NC1(C(=O)NCc2csc(-c3ccc(C(F)(F)F)cc3)n2)CCOCC1. The molecule has 0 radical (unpaired) electrons. The minimum Gasteiger partial charge on any atom is -0.381 e. The lowest BCUT2D eigenvalue weighted by Crippen LogP contribution is -2.56. The van der Waals surface area contributed by atoms with Gasteiger partial charge in [0.25, 0.3) is 0 Å². The summed E-state index contributed by atoms with van der Waals surface area (Å²) in [5, 5.41) is 5.14. The molecule has 3 N–H and O–H groups in total. The van der Waals surface area contributed by atoms with Gasteiger partial charge < -0.3 is 15.8 Å². The van der Waals surface area contributed by atoms with Gasteiger partial charge in [-0.3, -0.25) is 4.79 Å². The van der Waals surface area contributed by atoms with Crippen LogP contribution >= 0.6 is 23.7 Å². The first-order valence-corrected chi connectivity index (χ1v) is 8.93. The van der Waals surface area contributed by atoms with Crippen LogP contribution in [0.2, 0.25) is 0 Å². The van der Waals surface area contributed by atoms with Crippen LogP contribution in [-0.2, 0) is 22.3 Å². The van der Waals surface area contributed by atoms with E-state index >= 15 is 0 Å². The van der Waals surface area contributed by atoms with Crippen molar-refractivity contribution in [3.8, 4) is 10.6 Å². The van der Waals surface area contributed by atoms with E-state index < -0.39 is 17.3 Å². The van der Waals surface area contributed by atoms with Crippen molar-refractivity contribution in [1.82, 2.24) is 10.3 Å². The van der Waals surface area contributed by atoms with Gasteiger partial charge in [-0.2, -0.15) is 13.2 Å². The molecule has 1 saturated heterocycles. The molecule has 0 bridgehead atoms. The molecule has 1 aromatic heterocycles. The summed E-state index contributed by atoms with van der Waals surface area (Å²) in [6.45, 7) is 1.13. The van der Waals surface area contributed by atoms with Crippen molar-refractivity contribution < 1.29 is 22.7 Å². The van der Waals surface area contributed by atoms with Crippen LogP contribution in [0.1, 0.15) is 24.1 Å². The molecule has 1 aromatic carbocycles. The smallest absolute Gasteiger partial charge is 0.381 e. The number of ether oxygens (including phenoxy) is 1. The number of benzene rings is 1. The number of nitrogens with one attached hydrogen (secondary N) is 1. The van der Waals surface area contributed by atoms with Gasteiger partial charge >= 0.3 is 6.18 Å². The van der Waals surface area contributed by atoms with Gasteiger partial charge in [0.15, 0.2) is 0 Å². The highest BCUT2D eigenvalue weighted by Crippen LogP contribution is 2.31. The topological polar surface area (TPSA) is 77.2 Å². The highest BCUT2D eigenvalue weighted by molar-refractivity contribution is 7.13. The number of hydrogen-bond donors (Lipinski definition) is 2. The molecule has 1 aliphatic rings. The minimum atomic E-state index is -4.36. The third-order valence-electron chi connectivity index (χ3n) is 4.28. The summed E-state index contributed by atoms with van der Waals surface area (Å²) in [5.74, 6) is -0.245. The van der Waals surface area contributed by atoms with E-state index in [0.29, 0.717) is 42.3 Å². The van der Waals surface area contributed by atoms with Crippen molar-refractivity contribution in [2.24, 2.45) is 5.73 Å². The second kappa shape index (κ2) is 8.55. The van der Waals surface area contributed by atoms with Crippen molar-refractivity contribution in [2.45, 2.75) is 31.1 Å². The molecule has 148 valence electrons. The fourth-order valence-corrected chi connectivity index (χ4v) is 3.46. The first-order chi connectivity index (χ1) is 12.3. The Morgan fingerprint density at radius 2 is 1.89 bits per heavy atom. The molecule has 10 heteroatoms. The van der Waals surface area contributed by atoms with Crippen molar-refractivity contribution >= 4 is 29.7 Å². The zero-order valence-corrected chi connectivity index (χ0v) is 15.8. The molecule has 2 heterocycles. The van der Waals surface area contributed by atoms with Crippen LogP contribution < -0.4 is 11.1 Å². The normalized spacial score (nSPS) is 16.4. The number of carbonyl (C=O) groups is 1. The van der Waals surface area contributed by atoms with Crippen LogP contribution in [0.25, 0.3) is 10.6 Å². The molecule has 5 nitrogen and oxygen atoms in total. The number of alkyl halides is 3. The first-order valence-electron chi connectivity index (χ1n) is 8.05. The van der Waals surface area contributed by atoms with Gasteiger partial charge in [-0.25, -0.2) is 4.98 Å². The summed E-state index contributed by atoms with van der Waals surface area (Å²) in [6, 6.07) is 4.84. The van der Waals surface area contributed by atoms with Crippen LogP contribution in [0.4, 0.5) is 13.2 Å². The molecule has 1 fully saturated rings. The molecule has 2 aromatic rings. The molecule has 0 saturated carbocycles. The van der Waals surface area contributed by atoms with E-state index in [2.05, 4.69) is 10.3 Å². The van der Waals surface area contributed by atoms with Gasteiger partial charge in [-0.05, 0) is 25.0 Å². The largest absolute Gasteiger partial charge is 0.416 e. The zero-order chi connectivity index (χ0) is 18.8. The summed E-state index contributed by atoms with van der Waals surface area (Å²) in [5.41, 5.74) is 5.72. The first kappa shape index (κ1) is 21.6. The molecule has 3 rings (SSSR count). The van der Waals surface area contributed by atoms with Crippen molar-refractivity contribution in [1.29, 1.82) is 0 Å². The number of amides is 1. The van der Waals surface area contributed by atoms with Crippen LogP contribution in [0, 0.1) is 0 Å². The highest BCUT2D eigenvalue weighted by Gasteiger charge is 2.35. The Labute approximate surface area is 164 Å². The van der Waals surface area contributed by atoms with Gasteiger partial charge in [0, 0.05) is 24.2 Å². The summed E-state index contributed by atoms with van der Waals surface area (Å²) < 4.78 is 43.1. The van der Waals surface area contributed by atoms with Crippen molar-refractivity contribution in [3.63, 3.8) is 0 Å². The number of rotatable bonds is 4. The molecule has 0 spiro atoms. The van der Waals surface area contributed by atoms with Gasteiger partial charge in [0.2, 0.25) is 5.91 Å². The quantitative estimate of drug-likeness (QED) is 0.793. The third kappa shape index (κ3) is 5.19. The Kier molecular flexibility index (Phi) is 6.85. The number of nitrogens with zero attached hydrogens (tertiary/aromatic N) is 1. The summed E-state index contributed by atoms with van der Waals surface area (Å²) in [4.78, 5) is 16.6. The van der Waals surface area contributed by atoms with Crippen LogP contribution in [-0.4, -0.2) is 29.6 Å². The summed E-state index contributed by atoms with van der Waals surface area (Å²) in [7, 11) is 0. The average Bonchev–Trinajstić information content (AvgIpc) is 3.08. The van der Waals surface area contributed by atoms with E-state index in [1.165, 1.54) is 23.5 Å². The van der Waals surface area contributed by atoms with Gasteiger partial charge in [0.1, 0.15) is 5.01 Å². The summed E-state index contributed by atoms with van der Waals surface area (Å²) >= 11 is 1.31. The van der Waals surface area contributed by atoms with E-state index in [1.54, 1.807) is 5.38 Å². The molecular weight excluding hydrogens is 403 g/mol. The van der Waals surface area contributed by atoms with Crippen molar-refractivity contribution in [3.05, 3.63) is 40.9 Å². The maximum absolute atomic E-state index is 12.6. The number of hydrogen-bond acceptors (Lipinski definition) is 5. The lowest BCUT2D eigenvalue weighted by atomic mass is 9.90.